The van der Waals surface area contributed by atoms with Crippen molar-refractivity contribution in [3.63, 3.8) is 0 Å². The van der Waals surface area contributed by atoms with Crippen LogP contribution in [0.2, 0.25) is 5.02 Å². The third kappa shape index (κ3) is 3.11. The second-order valence-electron chi connectivity index (χ2n) is 5.65. The molecule has 0 aliphatic heterocycles. The fourth-order valence-corrected chi connectivity index (χ4v) is 3.82. The zero-order valence-electron chi connectivity index (χ0n) is 14.0. The molecule has 3 aromatic heterocycles. The molecule has 0 radical (unpaired) electrons. The molecule has 0 unspecified atom stereocenters. The number of esters is 1. The lowest BCUT2D eigenvalue weighted by atomic mass is 10.1. The molecule has 4 rings (SSSR count). The van der Waals surface area contributed by atoms with E-state index in [1.54, 1.807) is 24.5 Å². The zero-order valence-corrected chi connectivity index (χ0v) is 15.6. The Labute approximate surface area is 163 Å². The number of thiazole rings is 1. The van der Waals surface area contributed by atoms with Gasteiger partial charge in [0.15, 0.2) is 0 Å². The van der Waals surface area contributed by atoms with Crippen LogP contribution in [0.5, 0.6) is 0 Å². The van der Waals surface area contributed by atoms with Gasteiger partial charge in [-0.2, -0.15) is 0 Å². The number of carbonyl (C=O) groups is 2. The number of aromatic nitrogens is 3. The molecule has 0 fully saturated rings. The van der Waals surface area contributed by atoms with E-state index < -0.39 is 11.9 Å². The van der Waals surface area contributed by atoms with E-state index in [1.807, 2.05) is 23.6 Å². The number of benzene rings is 1. The molecule has 6 nitrogen and oxygen atoms in total. The van der Waals surface area contributed by atoms with Gasteiger partial charge in [-0.1, -0.05) is 23.7 Å². The van der Waals surface area contributed by atoms with E-state index >= 15 is 0 Å². The lowest BCUT2D eigenvalue weighted by molar-refractivity contribution is -0.135. The van der Waals surface area contributed by atoms with Gasteiger partial charge in [0, 0.05) is 40.5 Å². The predicted molar refractivity (Wildman–Crippen MR) is 104 cm³/mol. The molecule has 0 saturated heterocycles. The van der Waals surface area contributed by atoms with Gasteiger partial charge in [0.2, 0.25) is 0 Å². The van der Waals surface area contributed by atoms with Crippen LogP contribution in [0.1, 0.15) is 4.79 Å². The molecule has 4 aromatic rings. The van der Waals surface area contributed by atoms with E-state index in [0.717, 1.165) is 28.9 Å². The van der Waals surface area contributed by atoms with Crippen LogP contribution in [0.3, 0.4) is 0 Å². The first-order valence-corrected chi connectivity index (χ1v) is 9.14. The first-order chi connectivity index (χ1) is 13.1. The molecule has 1 aromatic carbocycles. The summed E-state index contributed by atoms with van der Waals surface area (Å²) in [7, 11) is 1.16. The summed E-state index contributed by atoms with van der Waals surface area (Å²) in [6.45, 7) is 0. The Balaban J connectivity index is 1.79. The molecular formula is C19H12ClN3O3S. The highest BCUT2D eigenvalue weighted by Gasteiger charge is 2.21. The monoisotopic (exact) mass is 397 g/mol. The molecular weight excluding hydrogens is 386 g/mol. The van der Waals surface area contributed by atoms with Crippen LogP contribution in [0.4, 0.5) is 0 Å². The third-order valence-electron chi connectivity index (χ3n) is 4.06. The van der Waals surface area contributed by atoms with Gasteiger partial charge in [0.25, 0.3) is 0 Å². The van der Waals surface area contributed by atoms with E-state index in [1.165, 1.54) is 22.1 Å². The lowest BCUT2D eigenvalue weighted by Crippen LogP contribution is -2.22. The van der Waals surface area contributed by atoms with Crippen molar-refractivity contribution >= 4 is 45.7 Å². The fraction of sp³-hybridized carbons (Fsp3) is 0.0526. The number of methoxy groups -OCH3 is 1. The van der Waals surface area contributed by atoms with Gasteiger partial charge in [0.05, 0.1) is 23.3 Å². The summed E-state index contributed by atoms with van der Waals surface area (Å²) in [5.41, 5.74) is 3.08. The standard InChI is InChI=1S/C19H12ClN3O3S/c1-26-19(25)18(24)23-9-14(20)13-3-2-12(8-16(13)23)15-10-27-17(22-15)11-4-6-21-7-5-11/h2-10H,1H3. The van der Waals surface area contributed by atoms with E-state index in [0.29, 0.717) is 15.9 Å². The van der Waals surface area contributed by atoms with Crippen LogP contribution in [0.15, 0.2) is 54.3 Å². The average Bonchev–Trinajstić information content (AvgIpc) is 3.32. The van der Waals surface area contributed by atoms with Crippen molar-refractivity contribution in [3.8, 4) is 21.8 Å². The minimum absolute atomic E-state index is 0.379. The number of fused-ring (bicyclic) bond motifs is 1. The molecule has 3 heterocycles. The topological polar surface area (TPSA) is 74.1 Å². The molecule has 8 heteroatoms. The molecule has 0 aliphatic carbocycles. The van der Waals surface area contributed by atoms with E-state index in [2.05, 4.69) is 14.7 Å². The van der Waals surface area contributed by atoms with Crippen molar-refractivity contribution in [1.82, 2.24) is 14.5 Å². The number of hydrogen-bond donors (Lipinski definition) is 0. The van der Waals surface area contributed by atoms with Gasteiger partial charge < -0.3 is 4.74 Å². The van der Waals surface area contributed by atoms with E-state index in [-0.39, 0.29) is 0 Å². The summed E-state index contributed by atoms with van der Waals surface area (Å²) in [4.78, 5) is 32.6. The normalized spacial score (nSPS) is 10.9. The number of pyridine rings is 1. The van der Waals surface area contributed by atoms with Crippen LogP contribution in [-0.2, 0) is 9.53 Å². The lowest BCUT2D eigenvalue weighted by Gasteiger charge is -2.03. The van der Waals surface area contributed by atoms with Crippen molar-refractivity contribution in [3.05, 3.63) is 59.3 Å². The van der Waals surface area contributed by atoms with Crippen molar-refractivity contribution in [2.75, 3.05) is 7.11 Å². The highest BCUT2D eigenvalue weighted by molar-refractivity contribution is 7.13. The Hall–Kier alpha value is -3.03. The van der Waals surface area contributed by atoms with Gasteiger partial charge in [-0.3, -0.25) is 14.3 Å². The van der Waals surface area contributed by atoms with Gasteiger partial charge in [0.1, 0.15) is 5.01 Å². The molecule has 0 amide bonds. The van der Waals surface area contributed by atoms with E-state index in [9.17, 15) is 9.59 Å². The average molecular weight is 398 g/mol. The molecule has 0 saturated carbocycles. The minimum atomic E-state index is -0.956. The van der Waals surface area contributed by atoms with E-state index in [4.69, 9.17) is 11.6 Å². The Kier molecular flexibility index (Phi) is 4.47. The quantitative estimate of drug-likeness (QED) is 0.372. The molecule has 0 aliphatic rings. The second-order valence-corrected chi connectivity index (χ2v) is 6.91. The molecule has 0 bridgehead atoms. The van der Waals surface area contributed by atoms with Crippen molar-refractivity contribution in [2.45, 2.75) is 0 Å². The molecule has 27 heavy (non-hydrogen) atoms. The van der Waals surface area contributed by atoms with Crippen LogP contribution in [0.25, 0.3) is 32.7 Å². The zero-order chi connectivity index (χ0) is 19.0. The van der Waals surface area contributed by atoms with Gasteiger partial charge >= 0.3 is 11.9 Å². The Morgan fingerprint density at radius 3 is 2.67 bits per heavy atom. The number of hydrogen-bond acceptors (Lipinski definition) is 6. The second kappa shape index (κ2) is 6.94. The van der Waals surface area contributed by atoms with Crippen LogP contribution >= 0.6 is 22.9 Å². The van der Waals surface area contributed by atoms with Crippen molar-refractivity contribution in [2.24, 2.45) is 0 Å². The minimum Gasteiger partial charge on any atom is -0.462 e. The highest BCUT2D eigenvalue weighted by atomic mass is 35.5. The first kappa shape index (κ1) is 17.4. The number of ether oxygens (including phenoxy) is 1. The smallest absolute Gasteiger partial charge is 0.397 e. The van der Waals surface area contributed by atoms with Gasteiger partial charge in [-0.25, -0.2) is 9.78 Å². The Bertz CT molecular complexity index is 1170. The first-order valence-electron chi connectivity index (χ1n) is 7.88. The van der Waals surface area contributed by atoms with Crippen LogP contribution in [-0.4, -0.2) is 33.5 Å². The maximum atomic E-state index is 12.3. The summed E-state index contributed by atoms with van der Waals surface area (Å²) < 4.78 is 5.72. The summed E-state index contributed by atoms with van der Waals surface area (Å²) in [5.74, 6) is -1.76. The van der Waals surface area contributed by atoms with Gasteiger partial charge in [-0.15, -0.1) is 11.3 Å². The number of carbonyl (C=O) groups excluding carboxylic acids is 2. The maximum Gasteiger partial charge on any atom is 0.397 e. The van der Waals surface area contributed by atoms with Crippen LogP contribution in [0, 0.1) is 0 Å². The number of halogens is 1. The van der Waals surface area contributed by atoms with Gasteiger partial charge in [-0.05, 0) is 18.2 Å². The fourth-order valence-electron chi connectivity index (χ4n) is 2.73. The van der Waals surface area contributed by atoms with Crippen molar-refractivity contribution in [1.29, 1.82) is 0 Å². The summed E-state index contributed by atoms with van der Waals surface area (Å²) in [6, 6.07) is 9.26. The summed E-state index contributed by atoms with van der Waals surface area (Å²) in [5, 5.41) is 3.85. The SMILES string of the molecule is COC(=O)C(=O)n1cc(Cl)c2ccc(-c3csc(-c4ccncc4)n3)cc21. The molecule has 0 N–H and O–H groups in total. The number of nitrogens with zero attached hydrogens (tertiary/aromatic N) is 3. The largest absolute Gasteiger partial charge is 0.462 e. The molecule has 0 atom stereocenters. The van der Waals surface area contributed by atoms with Crippen LogP contribution < -0.4 is 0 Å². The number of rotatable bonds is 2. The Morgan fingerprint density at radius 1 is 1.15 bits per heavy atom. The molecule has 0 spiro atoms. The highest BCUT2D eigenvalue weighted by Crippen LogP contribution is 2.33. The maximum absolute atomic E-state index is 12.3. The third-order valence-corrected chi connectivity index (χ3v) is 5.26. The summed E-state index contributed by atoms with van der Waals surface area (Å²) in [6.07, 6.45) is 4.85. The predicted octanol–water partition coefficient (Wildman–Crippen LogP) is 4.29. The molecule has 134 valence electrons. The summed E-state index contributed by atoms with van der Waals surface area (Å²) >= 11 is 7.72. The van der Waals surface area contributed by atoms with Crippen molar-refractivity contribution < 1.29 is 14.3 Å². The Morgan fingerprint density at radius 2 is 1.93 bits per heavy atom.